The second-order valence-corrected chi connectivity index (χ2v) is 6.87. The molecule has 1 aliphatic carbocycles. The zero-order chi connectivity index (χ0) is 14.1. The summed E-state index contributed by atoms with van der Waals surface area (Å²) in [6.45, 7) is 4.41. The Labute approximate surface area is 126 Å². The van der Waals surface area contributed by atoms with Crippen LogP contribution in [-0.2, 0) is 4.74 Å². The summed E-state index contributed by atoms with van der Waals surface area (Å²) in [7, 11) is 0. The van der Waals surface area contributed by atoms with Crippen LogP contribution < -0.4 is 4.74 Å². The minimum absolute atomic E-state index is 0.0763. The van der Waals surface area contributed by atoms with Crippen molar-refractivity contribution in [3.05, 3.63) is 24.5 Å². The molecule has 2 aliphatic heterocycles. The van der Waals surface area contributed by atoms with Crippen LogP contribution in [0.2, 0.25) is 0 Å². The van der Waals surface area contributed by atoms with Gasteiger partial charge in [0.2, 0.25) is 0 Å². The largest absolute Gasteiger partial charge is 0.486 e. The van der Waals surface area contributed by atoms with Gasteiger partial charge in [0.25, 0.3) is 0 Å². The van der Waals surface area contributed by atoms with E-state index in [1.165, 1.54) is 32.5 Å². The first kappa shape index (κ1) is 13.5. The summed E-state index contributed by atoms with van der Waals surface area (Å²) in [5.74, 6) is 1.85. The van der Waals surface area contributed by atoms with E-state index in [-0.39, 0.29) is 11.7 Å². The van der Waals surface area contributed by atoms with E-state index in [9.17, 15) is 0 Å². The van der Waals surface area contributed by atoms with Crippen molar-refractivity contribution in [3.63, 3.8) is 0 Å². The Kier molecular flexibility index (Phi) is 3.59. The molecular formula is C17H24N2O2. The first-order valence-electron chi connectivity index (χ1n) is 8.24. The second kappa shape index (κ2) is 5.58. The maximum Gasteiger partial charge on any atom is 0.138 e. The molecular weight excluding hydrogens is 264 g/mol. The molecule has 1 aromatic heterocycles. The third kappa shape index (κ3) is 3.22. The lowest BCUT2D eigenvalue weighted by Crippen LogP contribution is -2.45. The van der Waals surface area contributed by atoms with E-state index in [2.05, 4.69) is 9.88 Å². The maximum atomic E-state index is 6.16. The van der Waals surface area contributed by atoms with Crippen molar-refractivity contribution in [1.29, 1.82) is 0 Å². The molecule has 3 heterocycles. The molecule has 1 saturated carbocycles. The number of pyridine rings is 1. The smallest absolute Gasteiger partial charge is 0.138 e. The number of hydrogen-bond acceptors (Lipinski definition) is 4. The predicted octanol–water partition coefficient (Wildman–Crippen LogP) is 2.49. The maximum absolute atomic E-state index is 6.16. The number of nitrogens with zero attached hydrogens (tertiary/aromatic N) is 2. The lowest BCUT2D eigenvalue weighted by atomic mass is 9.88. The molecule has 4 rings (SSSR count). The molecule has 0 radical (unpaired) electrons. The monoisotopic (exact) mass is 288 g/mol. The van der Waals surface area contributed by atoms with E-state index in [1.807, 2.05) is 12.1 Å². The van der Waals surface area contributed by atoms with Gasteiger partial charge in [-0.05, 0) is 43.7 Å². The molecule has 1 spiro atoms. The topological polar surface area (TPSA) is 34.6 Å². The second-order valence-electron chi connectivity index (χ2n) is 6.87. The van der Waals surface area contributed by atoms with Crippen LogP contribution in [0.1, 0.15) is 32.1 Å². The fourth-order valence-corrected chi connectivity index (χ4v) is 3.64. The van der Waals surface area contributed by atoms with Gasteiger partial charge >= 0.3 is 0 Å². The van der Waals surface area contributed by atoms with Crippen molar-refractivity contribution in [2.45, 2.75) is 43.8 Å². The third-order valence-electron chi connectivity index (χ3n) is 5.09. The van der Waals surface area contributed by atoms with Gasteiger partial charge in [-0.25, -0.2) is 0 Å². The predicted molar refractivity (Wildman–Crippen MR) is 80.4 cm³/mol. The molecule has 0 aromatic carbocycles. The Hall–Kier alpha value is -1.13. The SMILES string of the molecule is c1cncc(O[C@@H]2COC3(CCN(CC4CC4)CC3)C2)c1. The number of aromatic nitrogens is 1. The normalized spacial score (nSPS) is 28.9. The van der Waals surface area contributed by atoms with Crippen molar-refractivity contribution in [3.8, 4) is 5.75 Å². The van der Waals surface area contributed by atoms with Crippen LogP contribution in [0.3, 0.4) is 0 Å². The van der Waals surface area contributed by atoms with Gasteiger partial charge in [0, 0.05) is 32.3 Å². The van der Waals surface area contributed by atoms with Crippen molar-refractivity contribution in [2.75, 3.05) is 26.2 Å². The zero-order valence-electron chi connectivity index (χ0n) is 12.5. The van der Waals surface area contributed by atoms with Crippen molar-refractivity contribution >= 4 is 0 Å². The Morgan fingerprint density at radius 1 is 1.33 bits per heavy atom. The number of hydrogen-bond donors (Lipinski definition) is 0. The zero-order valence-corrected chi connectivity index (χ0v) is 12.5. The molecule has 2 saturated heterocycles. The summed E-state index contributed by atoms with van der Waals surface area (Å²) in [5.41, 5.74) is 0.0763. The molecule has 4 heteroatoms. The number of likely N-dealkylation sites (tertiary alicyclic amines) is 1. The number of piperidine rings is 1. The van der Waals surface area contributed by atoms with E-state index in [1.54, 1.807) is 12.4 Å². The van der Waals surface area contributed by atoms with Gasteiger partial charge in [-0.1, -0.05) is 0 Å². The molecule has 0 amide bonds. The molecule has 114 valence electrons. The van der Waals surface area contributed by atoms with Crippen LogP contribution in [-0.4, -0.2) is 47.8 Å². The van der Waals surface area contributed by atoms with E-state index in [4.69, 9.17) is 9.47 Å². The van der Waals surface area contributed by atoms with Crippen LogP contribution in [0.4, 0.5) is 0 Å². The summed E-state index contributed by atoms with van der Waals surface area (Å²) in [4.78, 5) is 6.73. The van der Waals surface area contributed by atoms with Gasteiger partial charge in [0.1, 0.15) is 11.9 Å². The number of rotatable bonds is 4. The van der Waals surface area contributed by atoms with Crippen molar-refractivity contribution in [2.24, 2.45) is 5.92 Å². The summed E-state index contributed by atoms with van der Waals surface area (Å²) < 4.78 is 12.2. The van der Waals surface area contributed by atoms with Gasteiger partial charge in [0.05, 0.1) is 18.4 Å². The molecule has 0 unspecified atom stereocenters. The summed E-state index contributed by atoms with van der Waals surface area (Å²) in [5, 5.41) is 0. The Morgan fingerprint density at radius 3 is 2.90 bits per heavy atom. The standard InChI is InChI=1S/C17H24N2O2/c1-2-15(11-18-7-1)21-16-10-17(20-13-16)5-8-19(9-6-17)12-14-3-4-14/h1-2,7,11,14,16H,3-6,8-10,12-13H2/t16-/m0/s1. The quantitative estimate of drug-likeness (QED) is 0.852. The van der Waals surface area contributed by atoms with Gasteiger partial charge in [-0.3, -0.25) is 4.98 Å². The van der Waals surface area contributed by atoms with Gasteiger partial charge in [-0.15, -0.1) is 0 Å². The molecule has 4 nitrogen and oxygen atoms in total. The minimum Gasteiger partial charge on any atom is -0.486 e. The van der Waals surface area contributed by atoms with Crippen molar-refractivity contribution in [1.82, 2.24) is 9.88 Å². The van der Waals surface area contributed by atoms with Crippen LogP contribution in [0.25, 0.3) is 0 Å². The molecule has 0 bridgehead atoms. The minimum atomic E-state index is 0.0763. The molecule has 3 fully saturated rings. The lowest BCUT2D eigenvalue weighted by molar-refractivity contribution is -0.0446. The summed E-state index contributed by atoms with van der Waals surface area (Å²) in [6, 6.07) is 3.88. The Balaban J connectivity index is 1.29. The van der Waals surface area contributed by atoms with Crippen LogP contribution in [0, 0.1) is 5.92 Å². The molecule has 1 atom stereocenters. The highest BCUT2D eigenvalue weighted by molar-refractivity contribution is 5.16. The van der Waals surface area contributed by atoms with Crippen LogP contribution >= 0.6 is 0 Å². The fourth-order valence-electron chi connectivity index (χ4n) is 3.64. The summed E-state index contributed by atoms with van der Waals surface area (Å²) >= 11 is 0. The Bertz CT molecular complexity index is 467. The highest BCUT2D eigenvalue weighted by atomic mass is 16.6. The molecule has 3 aliphatic rings. The lowest BCUT2D eigenvalue weighted by Gasteiger charge is -2.38. The van der Waals surface area contributed by atoms with Gasteiger partial charge in [0.15, 0.2) is 0 Å². The number of ether oxygens (including phenoxy) is 2. The fraction of sp³-hybridized carbons (Fsp3) is 0.706. The molecule has 1 aromatic rings. The van der Waals surface area contributed by atoms with Crippen molar-refractivity contribution < 1.29 is 9.47 Å². The Morgan fingerprint density at radius 2 is 2.19 bits per heavy atom. The van der Waals surface area contributed by atoms with Gasteiger partial charge in [-0.2, -0.15) is 0 Å². The third-order valence-corrected chi connectivity index (χ3v) is 5.09. The van der Waals surface area contributed by atoms with E-state index in [0.29, 0.717) is 0 Å². The highest BCUT2D eigenvalue weighted by Gasteiger charge is 2.44. The first-order valence-corrected chi connectivity index (χ1v) is 8.24. The van der Waals surface area contributed by atoms with E-state index in [0.717, 1.165) is 37.5 Å². The van der Waals surface area contributed by atoms with E-state index < -0.39 is 0 Å². The average Bonchev–Trinajstić information content (AvgIpc) is 3.25. The average molecular weight is 288 g/mol. The first-order chi connectivity index (χ1) is 10.3. The van der Waals surface area contributed by atoms with Crippen LogP contribution in [0.5, 0.6) is 5.75 Å². The van der Waals surface area contributed by atoms with E-state index >= 15 is 0 Å². The highest BCUT2D eigenvalue weighted by Crippen LogP contribution is 2.38. The summed E-state index contributed by atoms with van der Waals surface area (Å²) in [6.07, 6.45) is 9.97. The molecule has 21 heavy (non-hydrogen) atoms. The molecule has 0 N–H and O–H groups in total. The van der Waals surface area contributed by atoms with Gasteiger partial charge < -0.3 is 14.4 Å². The van der Waals surface area contributed by atoms with Crippen LogP contribution in [0.15, 0.2) is 24.5 Å².